The van der Waals surface area contributed by atoms with Crippen LogP contribution in [-0.2, 0) is 19.7 Å². The van der Waals surface area contributed by atoms with Crippen molar-refractivity contribution in [1.82, 2.24) is 9.79 Å². The Morgan fingerprint density at radius 2 is 2.18 bits per heavy atom. The van der Waals surface area contributed by atoms with E-state index in [1.54, 1.807) is 13.0 Å². The van der Waals surface area contributed by atoms with E-state index in [9.17, 15) is 23.3 Å². The van der Waals surface area contributed by atoms with Crippen LogP contribution in [-0.4, -0.2) is 49.0 Å². The van der Waals surface area contributed by atoms with Gasteiger partial charge >= 0.3 is 0 Å². The standard InChI is InChI=1S/C17H22N4O6S/c1-3-9-27-21(13-10-12(4-2)16(17(18)22)19-11-13)28(25,26)15-8-6-5-7-14(15)20(23)24/h3,5-8,10,13,16,19H,1,4,9,11H2,2H3,(H2,18,22)/t13-,16+/m1/s1. The van der Waals surface area contributed by atoms with E-state index >= 15 is 0 Å². The lowest BCUT2D eigenvalue weighted by Crippen LogP contribution is -2.54. The minimum Gasteiger partial charge on any atom is -0.368 e. The molecule has 0 saturated heterocycles. The molecule has 1 aliphatic heterocycles. The number of nitro groups is 1. The molecule has 3 N–H and O–H groups in total. The number of carbonyl (C=O) groups excluding carboxylic acids is 1. The third-order valence-electron chi connectivity index (χ3n) is 4.17. The lowest BCUT2D eigenvalue weighted by Gasteiger charge is -2.33. The largest absolute Gasteiger partial charge is 0.368 e. The normalized spacial score (nSPS) is 19.9. The summed E-state index contributed by atoms with van der Waals surface area (Å²) in [6, 6.07) is 3.47. The van der Waals surface area contributed by atoms with E-state index in [2.05, 4.69) is 11.9 Å². The van der Waals surface area contributed by atoms with Crippen LogP contribution in [0.25, 0.3) is 0 Å². The van der Waals surface area contributed by atoms with Crippen molar-refractivity contribution in [2.75, 3.05) is 13.2 Å². The highest BCUT2D eigenvalue weighted by Crippen LogP contribution is 2.29. The quantitative estimate of drug-likeness (QED) is 0.349. The molecule has 152 valence electrons. The van der Waals surface area contributed by atoms with Crippen molar-refractivity contribution in [3.63, 3.8) is 0 Å². The summed E-state index contributed by atoms with van der Waals surface area (Å²) in [6.45, 7) is 5.20. The molecule has 0 saturated carbocycles. The number of nitrogens with zero attached hydrogens (tertiary/aromatic N) is 2. The molecular weight excluding hydrogens is 388 g/mol. The second-order valence-electron chi connectivity index (χ2n) is 5.98. The van der Waals surface area contributed by atoms with Crippen molar-refractivity contribution in [1.29, 1.82) is 0 Å². The van der Waals surface area contributed by atoms with Gasteiger partial charge in [0.15, 0.2) is 4.90 Å². The molecule has 0 fully saturated rings. The Hall–Kier alpha value is -2.60. The van der Waals surface area contributed by atoms with Crippen LogP contribution in [0.2, 0.25) is 0 Å². The monoisotopic (exact) mass is 410 g/mol. The molecule has 2 atom stereocenters. The highest BCUT2D eigenvalue weighted by atomic mass is 32.2. The maximum absolute atomic E-state index is 13.2. The van der Waals surface area contributed by atoms with Crippen LogP contribution in [0.3, 0.4) is 0 Å². The third kappa shape index (κ3) is 4.44. The van der Waals surface area contributed by atoms with E-state index in [0.717, 1.165) is 12.1 Å². The van der Waals surface area contributed by atoms with Gasteiger partial charge in [0.2, 0.25) is 5.91 Å². The number of nitro benzene ring substituents is 1. The third-order valence-corrected chi connectivity index (χ3v) is 5.92. The molecule has 0 unspecified atom stereocenters. The van der Waals surface area contributed by atoms with Gasteiger partial charge in [-0.25, -0.2) is 8.42 Å². The minimum atomic E-state index is -4.40. The first-order chi connectivity index (χ1) is 13.2. The van der Waals surface area contributed by atoms with Crippen LogP contribution < -0.4 is 11.1 Å². The zero-order valence-electron chi connectivity index (χ0n) is 15.3. The fraction of sp³-hybridized carbons (Fsp3) is 0.353. The second-order valence-corrected chi connectivity index (χ2v) is 7.73. The van der Waals surface area contributed by atoms with E-state index in [0.29, 0.717) is 16.5 Å². The average Bonchev–Trinajstić information content (AvgIpc) is 2.67. The molecule has 11 heteroatoms. The zero-order valence-corrected chi connectivity index (χ0v) is 16.1. The van der Waals surface area contributed by atoms with Gasteiger partial charge in [-0.2, -0.15) is 0 Å². The van der Waals surface area contributed by atoms with E-state index < -0.39 is 43.5 Å². The number of sulfonamides is 1. The Morgan fingerprint density at radius 3 is 2.75 bits per heavy atom. The smallest absolute Gasteiger partial charge is 0.289 e. The van der Waals surface area contributed by atoms with Crippen LogP contribution >= 0.6 is 0 Å². The maximum Gasteiger partial charge on any atom is 0.289 e. The predicted octanol–water partition coefficient (Wildman–Crippen LogP) is 0.865. The first-order valence-corrected chi connectivity index (χ1v) is 9.93. The molecule has 0 bridgehead atoms. The summed E-state index contributed by atoms with van der Waals surface area (Å²) >= 11 is 0. The van der Waals surface area contributed by atoms with Gasteiger partial charge in [0.25, 0.3) is 15.7 Å². The molecule has 2 rings (SSSR count). The van der Waals surface area contributed by atoms with Gasteiger partial charge in [0, 0.05) is 12.6 Å². The topological polar surface area (TPSA) is 145 Å². The lowest BCUT2D eigenvalue weighted by molar-refractivity contribution is -0.387. The second kappa shape index (κ2) is 9.06. The van der Waals surface area contributed by atoms with E-state index in [1.165, 1.54) is 18.2 Å². The molecule has 1 aliphatic rings. The highest BCUT2D eigenvalue weighted by Gasteiger charge is 2.39. The Morgan fingerprint density at radius 1 is 1.50 bits per heavy atom. The Balaban J connectivity index is 2.52. The van der Waals surface area contributed by atoms with Gasteiger partial charge in [0.05, 0.1) is 17.6 Å². The number of hydrogen-bond donors (Lipinski definition) is 2. The van der Waals surface area contributed by atoms with Gasteiger partial charge < -0.3 is 11.1 Å². The highest BCUT2D eigenvalue weighted by molar-refractivity contribution is 7.89. The molecule has 1 heterocycles. The van der Waals surface area contributed by atoms with Crippen molar-refractivity contribution in [3.05, 3.63) is 58.7 Å². The molecule has 0 radical (unpaired) electrons. The van der Waals surface area contributed by atoms with Gasteiger partial charge in [0.1, 0.15) is 6.04 Å². The summed E-state index contributed by atoms with van der Waals surface area (Å²) in [6.07, 6.45) is 3.40. The molecule has 1 aromatic carbocycles. The average molecular weight is 410 g/mol. The molecule has 0 aliphatic carbocycles. The van der Waals surface area contributed by atoms with Crippen LogP contribution in [0.1, 0.15) is 13.3 Å². The summed E-state index contributed by atoms with van der Waals surface area (Å²) in [5.41, 5.74) is 5.41. The summed E-state index contributed by atoms with van der Waals surface area (Å²) in [5.74, 6) is -0.577. The Labute approximate surface area is 162 Å². The lowest BCUT2D eigenvalue weighted by atomic mass is 9.97. The molecule has 0 spiro atoms. The number of hydrogen-bond acceptors (Lipinski definition) is 7. The molecule has 1 aromatic rings. The van der Waals surface area contributed by atoms with Gasteiger partial charge in [-0.15, -0.1) is 6.58 Å². The number of nitrogens with two attached hydrogens (primary N) is 1. The molecule has 0 aromatic heterocycles. The molecule has 1 amide bonds. The summed E-state index contributed by atoms with van der Waals surface area (Å²) in [7, 11) is -4.40. The SMILES string of the molecule is C=CCON([C@@H]1C=C(CC)[C@@H](C(N)=O)NC1)S(=O)(=O)c1ccccc1[N+](=O)[O-]. The first-order valence-electron chi connectivity index (χ1n) is 8.49. The summed E-state index contributed by atoms with van der Waals surface area (Å²) in [5, 5.41) is 14.2. The van der Waals surface area contributed by atoms with E-state index in [1.807, 2.05) is 0 Å². The van der Waals surface area contributed by atoms with Gasteiger partial charge in [-0.1, -0.05) is 35.7 Å². The number of primary amides is 1. The number of nitrogens with one attached hydrogen (secondary N) is 1. The number of amides is 1. The molecule has 28 heavy (non-hydrogen) atoms. The number of benzene rings is 1. The number of carbonyl (C=O) groups is 1. The summed E-state index contributed by atoms with van der Waals surface area (Å²) < 4.78 is 27.1. The number of rotatable bonds is 9. The Bertz CT molecular complexity index is 899. The predicted molar refractivity (Wildman–Crippen MR) is 101 cm³/mol. The Kier molecular flexibility index (Phi) is 7.02. The number of para-hydroxylation sites is 1. The van der Waals surface area contributed by atoms with Gasteiger partial charge in [-0.05, 0) is 18.1 Å². The van der Waals surface area contributed by atoms with Crippen molar-refractivity contribution in [2.24, 2.45) is 5.73 Å². The summed E-state index contributed by atoms with van der Waals surface area (Å²) in [4.78, 5) is 27.0. The zero-order chi connectivity index (χ0) is 20.9. The van der Waals surface area contributed by atoms with E-state index in [-0.39, 0.29) is 13.2 Å². The van der Waals surface area contributed by atoms with Crippen molar-refractivity contribution < 1.29 is 23.0 Å². The number of hydroxylamine groups is 1. The molecule has 10 nitrogen and oxygen atoms in total. The van der Waals surface area contributed by atoms with Crippen LogP contribution in [0.15, 0.2) is 53.5 Å². The fourth-order valence-corrected chi connectivity index (χ4v) is 4.45. The first kappa shape index (κ1) is 21.7. The van der Waals surface area contributed by atoms with Crippen LogP contribution in [0.4, 0.5) is 5.69 Å². The molecular formula is C17H22N4O6S. The van der Waals surface area contributed by atoms with Crippen molar-refractivity contribution >= 4 is 21.6 Å². The maximum atomic E-state index is 13.2. The van der Waals surface area contributed by atoms with Crippen LogP contribution in [0, 0.1) is 10.1 Å². The minimum absolute atomic E-state index is 0.0358. The van der Waals surface area contributed by atoms with Crippen molar-refractivity contribution in [2.45, 2.75) is 30.3 Å². The van der Waals surface area contributed by atoms with E-state index in [4.69, 9.17) is 10.6 Å². The van der Waals surface area contributed by atoms with Gasteiger partial charge in [-0.3, -0.25) is 19.7 Å². The van der Waals surface area contributed by atoms with Crippen LogP contribution in [0.5, 0.6) is 0 Å². The fourth-order valence-electron chi connectivity index (χ4n) is 2.91. The van der Waals surface area contributed by atoms with Crippen molar-refractivity contribution in [3.8, 4) is 0 Å².